The smallest absolute Gasteiger partial charge is 0.417 e. The number of rotatable bonds is 6. The van der Waals surface area contributed by atoms with Gasteiger partial charge in [-0.05, 0) is 69.0 Å². The molecule has 4 rings (SSSR count). The van der Waals surface area contributed by atoms with Crippen molar-refractivity contribution in [2.75, 3.05) is 18.0 Å². The molecule has 2 aromatic rings. The molecule has 1 aromatic carbocycles. The van der Waals surface area contributed by atoms with Crippen LogP contribution in [0.4, 0.5) is 19.0 Å². The van der Waals surface area contributed by atoms with E-state index >= 15 is 0 Å². The van der Waals surface area contributed by atoms with Gasteiger partial charge >= 0.3 is 12.1 Å². The number of hydrogen-bond acceptors (Lipinski definition) is 6. The van der Waals surface area contributed by atoms with Gasteiger partial charge in [0.25, 0.3) is 0 Å². The highest BCUT2D eigenvalue weighted by molar-refractivity contribution is 7.92. The summed E-state index contributed by atoms with van der Waals surface area (Å²) in [4.78, 5) is 19.6. The SMILES string of the molecule is C=CC(N1C(C)CN(c2ccc(C(F)(F)F)cn2)CC1C)S(=O)(=O)c1ccc2c(c1)C(C)(C(=O)O)CC2. The van der Waals surface area contributed by atoms with Crippen molar-refractivity contribution >= 4 is 21.6 Å². The summed E-state index contributed by atoms with van der Waals surface area (Å²) in [6.07, 6.45) is -1.34. The number of carboxylic acids is 1. The first kappa shape index (κ1) is 27.1. The first-order valence-corrected chi connectivity index (χ1v) is 13.5. The average Bonchev–Trinajstić information content (AvgIpc) is 3.18. The molecule has 11 heteroatoms. The van der Waals surface area contributed by atoms with Gasteiger partial charge in [-0.25, -0.2) is 13.4 Å². The highest BCUT2D eigenvalue weighted by Gasteiger charge is 2.44. The standard InChI is InChI=1S/C26H30F3N3O4S/c1-5-23(37(35,36)20-8-6-18-10-11-25(4,24(33)34)21(18)12-20)32-16(2)14-31(15-17(32)3)22-9-7-19(13-30-22)26(27,28)29/h5-9,12-13,16-17,23H,1,10-11,14-15H2,2-4H3,(H,33,34). The normalized spacial score (nSPS) is 25.5. The molecule has 0 radical (unpaired) electrons. The maximum atomic E-state index is 13.8. The van der Waals surface area contributed by atoms with Crippen LogP contribution >= 0.6 is 0 Å². The molecule has 0 amide bonds. The highest BCUT2D eigenvalue weighted by atomic mass is 32.2. The van der Waals surface area contributed by atoms with Crippen LogP contribution in [0, 0.1) is 0 Å². The van der Waals surface area contributed by atoms with Gasteiger partial charge in [0.15, 0.2) is 9.84 Å². The van der Waals surface area contributed by atoms with E-state index in [9.17, 15) is 31.5 Å². The Hall–Kier alpha value is -2.92. The molecule has 1 aliphatic carbocycles. The lowest BCUT2D eigenvalue weighted by molar-refractivity contribution is -0.143. The molecular formula is C26H30F3N3O4S. The number of aromatic nitrogens is 1. The van der Waals surface area contributed by atoms with Crippen molar-refractivity contribution in [3.05, 3.63) is 65.9 Å². The Balaban J connectivity index is 1.60. The van der Waals surface area contributed by atoms with Crippen molar-refractivity contribution in [1.82, 2.24) is 9.88 Å². The molecule has 1 saturated heterocycles. The minimum absolute atomic E-state index is 0.0387. The number of halogens is 3. The minimum Gasteiger partial charge on any atom is -0.481 e. The molecule has 200 valence electrons. The molecule has 4 atom stereocenters. The predicted octanol–water partition coefficient (Wildman–Crippen LogP) is 4.27. The largest absolute Gasteiger partial charge is 0.481 e. The second-order valence-electron chi connectivity index (χ2n) is 10.1. The Bertz CT molecular complexity index is 1300. The zero-order valence-corrected chi connectivity index (χ0v) is 21.7. The van der Waals surface area contributed by atoms with Gasteiger partial charge in [0, 0.05) is 31.4 Å². The Labute approximate surface area is 214 Å². The van der Waals surface area contributed by atoms with Gasteiger partial charge in [-0.3, -0.25) is 9.69 Å². The summed E-state index contributed by atoms with van der Waals surface area (Å²) in [5, 5.41) is 8.70. The van der Waals surface area contributed by atoms with E-state index in [1.165, 1.54) is 24.3 Å². The summed E-state index contributed by atoms with van der Waals surface area (Å²) in [6, 6.07) is 6.41. The van der Waals surface area contributed by atoms with Crippen LogP contribution in [0.2, 0.25) is 0 Å². The third kappa shape index (κ3) is 4.74. The number of fused-ring (bicyclic) bond motifs is 1. The lowest BCUT2D eigenvalue weighted by Gasteiger charge is -2.47. The zero-order chi connectivity index (χ0) is 27.3. The van der Waals surface area contributed by atoms with Gasteiger partial charge in [-0.2, -0.15) is 13.2 Å². The van der Waals surface area contributed by atoms with Gasteiger partial charge < -0.3 is 10.0 Å². The van der Waals surface area contributed by atoms with Crippen LogP contribution in [0.25, 0.3) is 0 Å². The number of piperazine rings is 1. The van der Waals surface area contributed by atoms with E-state index in [4.69, 9.17) is 0 Å². The third-order valence-electron chi connectivity index (χ3n) is 7.57. The third-order valence-corrected chi connectivity index (χ3v) is 9.55. The predicted molar refractivity (Wildman–Crippen MR) is 133 cm³/mol. The fraction of sp³-hybridized carbons (Fsp3) is 0.462. The van der Waals surface area contributed by atoms with Crippen LogP contribution in [0.5, 0.6) is 0 Å². The molecule has 1 fully saturated rings. The van der Waals surface area contributed by atoms with E-state index in [1.54, 1.807) is 13.0 Å². The number of benzene rings is 1. The lowest BCUT2D eigenvalue weighted by Crippen LogP contribution is -2.61. The molecule has 37 heavy (non-hydrogen) atoms. The van der Waals surface area contributed by atoms with Gasteiger partial charge in [0.2, 0.25) is 0 Å². The first-order chi connectivity index (χ1) is 17.2. The highest BCUT2D eigenvalue weighted by Crippen LogP contribution is 2.41. The van der Waals surface area contributed by atoms with Gasteiger partial charge in [0.1, 0.15) is 11.2 Å². The van der Waals surface area contributed by atoms with Crippen LogP contribution in [0.15, 0.2) is 54.1 Å². The molecule has 1 aromatic heterocycles. The van der Waals surface area contributed by atoms with Crippen LogP contribution in [-0.4, -0.2) is 59.9 Å². The number of aryl methyl sites for hydroxylation is 1. The summed E-state index contributed by atoms with van der Waals surface area (Å²) in [5.74, 6) is -0.604. The van der Waals surface area contributed by atoms with E-state index in [2.05, 4.69) is 11.6 Å². The molecule has 0 saturated carbocycles. The Morgan fingerprint density at radius 3 is 2.38 bits per heavy atom. The number of carboxylic acid groups (broad SMARTS) is 1. The maximum Gasteiger partial charge on any atom is 0.417 e. The van der Waals surface area contributed by atoms with Crippen molar-refractivity contribution in [1.29, 1.82) is 0 Å². The zero-order valence-electron chi connectivity index (χ0n) is 20.9. The Kier molecular flexibility index (Phi) is 6.91. The van der Waals surface area contributed by atoms with Gasteiger partial charge in [-0.15, -0.1) is 6.58 Å². The monoisotopic (exact) mass is 537 g/mol. The molecular weight excluding hydrogens is 507 g/mol. The van der Waals surface area contributed by atoms with Gasteiger partial charge in [-0.1, -0.05) is 12.1 Å². The number of nitrogens with zero attached hydrogens (tertiary/aromatic N) is 3. The first-order valence-electron chi connectivity index (χ1n) is 12.0. The number of sulfone groups is 1. The molecule has 1 N–H and O–H groups in total. The fourth-order valence-corrected chi connectivity index (χ4v) is 7.33. The van der Waals surface area contributed by atoms with Crippen molar-refractivity contribution in [2.24, 2.45) is 0 Å². The number of anilines is 1. The van der Waals surface area contributed by atoms with Gasteiger partial charge in [0.05, 0.1) is 15.9 Å². The van der Waals surface area contributed by atoms with E-state index in [0.717, 1.165) is 17.8 Å². The topological polar surface area (TPSA) is 90.8 Å². The molecule has 0 spiro atoms. The van der Waals surface area contributed by atoms with Crippen molar-refractivity contribution in [3.63, 3.8) is 0 Å². The van der Waals surface area contributed by atoms with E-state index < -0.39 is 38.3 Å². The van der Waals surface area contributed by atoms with E-state index in [1.807, 2.05) is 23.6 Å². The van der Waals surface area contributed by atoms with Crippen molar-refractivity contribution in [3.8, 4) is 0 Å². The minimum atomic E-state index is -4.48. The summed E-state index contributed by atoms with van der Waals surface area (Å²) in [7, 11) is -3.96. The molecule has 1 aliphatic heterocycles. The number of hydrogen-bond donors (Lipinski definition) is 1. The van der Waals surface area contributed by atoms with Crippen molar-refractivity contribution < 1.29 is 31.5 Å². The second-order valence-corrected chi connectivity index (χ2v) is 12.1. The second kappa shape index (κ2) is 9.43. The number of carbonyl (C=O) groups is 1. The van der Waals surface area contributed by atoms with Crippen LogP contribution in [-0.2, 0) is 32.6 Å². The van der Waals surface area contributed by atoms with Crippen molar-refractivity contribution in [2.45, 2.75) is 67.6 Å². The summed E-state index contributed by atoms with van der Waals surface area (Å²) in [5.41, 5.74) is -0.630. The van der Waals surface area contributed by atoms with Crippen LogP contribution in [0.1, 0.15) is 43.9 Å². The number of alkyl halides is 3. The fourth-order valence-electron chi connectivity index (χ4n) is 5.52. The molecule has 2 aliphatic rings. The quantitative estimate of drug-likeness (QED) is 0.551. The van der Waals surface area contributed by atoms with E-state index in [0.29, 0.717) is 37.3 Å². The lowest BCUT2D eigenvalue weighted by atomic mass is 9.84. The Morgan fingerprint density at radius 2 is 1.86 bits per heavy atom. The number of pyridine rings is 1. The molecule has 7 nitrogen and oxygen atoms in total. The Morgan fingerprint density at radius 1 is 1.22 bits per heavy atom. The maximum absolute atomic E-state index is 13.8. The summed E-state index contributed by atoms with van der Waals surface area (Å²) < 4.78 is 66.4. The van der Waals surface area contributed by atoms with Crippen LogP contribution < -0.4 is 4.90 Å². The summed E-state index contributed by atoms with van der Waals surface area (Å²) >= 11 is 0. The molecule has 0 bridgehead atoms. The summed E-state index contributed by atoms with van der Waals surface area (Å²) in [6.45, 7) is 9.80. The van der Waals surface area contributed by atoms with E-state index in [-0.39, 0.29) is 17.0 Å². The van der Waals surface area contributed by atoms with Crippen LogP contribution in [0.3, 0.4) is 0 Å². The molecule has 4 unspecified atom stereocenters. The average molecular weight is 538 g/mol. The number of aliphatic carboxylic acids is 1. The molecule has 2 heterocycles.